The second-order valence-corrected chi connectivity index (χ2v) is 8.29. The highest BCUT2D eigenvalue weighted by atomic mass is 32.2. The summed E-state index contributed by atoms with van der Waals surface area (Å²) in [6.07, 6.45) is 0. The van der Waals surface area contributed by atoms with Crippen LogP contribution in [0.15, 0.2) is 53.4 Å². The van der Waals surface area contributed by atoms with Gasteiger partial charge in [0.2, 0.25) is 10.0 Å². The second-order valence-electron chi connectivity index (χ2n) is 6.35. The van der Waals surface area contributed by atoms with Crippen LogP contribution in [0.2, 0.25) is 0 Å². The molecule has 1 aliphatic rings. The van der Waals surface area contributed by atoms with Gasteiger partial charge in [-0.15, -0.1) is 0 Å². The van der Waals surface area contributed by atoms with Crippen LogP contribution < -0.4 is 5.32 Å². The molecule has 1 N–H and O–H groups in total. The molecule has 0 saturated carbocycles. The summed E-state index contributed by atoms with van der Waals surface area (Å²) in [6.45, 7) is 0.635. The topological polar surface area (TPSA) is 96.0 Å². The van der Waals surface area contributed by atoms with Crippen molar-refractivity contribution in [1.29, 1.82) is 0 Å². The van der Waals surface area contributed by atoms with Crippen LogP contribution in [0.3, 0.4) is 0 Å². The SMILES string of the molecule is COC(=O)c1cccc(NC(=O)N2CCN(S(=O)(=O)c3ccc(F)cc3)CC2)c1. The number of anilines is 1. The Labute approximate surface area is 167 Å². The predicted molar refractivity (Wildman–Crippen MR) is 104 cm³/mol. The number of esters is 1. The van der Waals surface area contributed by atoms with E-state index in [1.807, 2.05) is 0 Å². The van der Waals surface area contributed by atoms with Crippen molar-refractivity contribution in [2.75, 3.05) is 38.6 Å². The number of sulfonamides is 1. The van der Waals surface area contributed by atoms with E-state index in [9.17, 15) is 22.4 Å². The quantitative estimate of drug-likeness (QED) is 0.764. The number of piperazine rings is 1. The molecule has 10 heteroatoms. The first-order chi connectivity index (χ1) is 13.8. The molecule has 0 radical (unpaired) electrons. The van der Waals surface area contributed by atoms with Crippen molar-refractivity contribution in [3.63, 3.8) is 0 Å². The van der Waals surface area contributed by atoms with Gasteiger partial charge in [0, 0.05) is 31.9 Å². The first-order valence-corrected chi connectivity index (χ1v) is 10.3. The predicted octanol–water partition coefficient (Wildman–Crippen LogP) is 2.15. The molecule has 8 nitrogen and oxygen atoms in total. The van der Waals surface area contributed by atoms with Gasteiger partial charge in [-0.05, 0) is 42.5 Å². The van der Waals surface area contributed by atoms with Crippen molar-refractivity contribution < 1.29 is 27.1 Å². The number of urea groups is 1. The third kappa shape index (κ3) is 4.72. The van der Waals surface area contributed by atoms with Gasteiger partial charge in [-0.25, -0.2) is 22.4 Å². The van der Waals surface area contributed by atoms with E-state index in [0.29, 0.717) is 11.3 Å². The van der Waals surface area contributed by atoms with Crippen LogP contribution >= 0.6 is 0 Å². The Morgan fingerprint density at radius 1 is 1.03 bits per heavy atom. The molecule has 0 unspecified atom stereocenters. The summed E-state index contributed by atoms with van der Waals surface area (Å²) in [4.78, 5) is 25.6. The number of halogens is 1. The minimum absolute atomic E-state index is 0.0106. The lowest BCUT2D eigenvalue weighted by Gasteiger charge is -2.34. The van der Waals surface area contributed by atoms with Crippen molar-refractivity contribution in [3.8, 4) is 0 Å². The Hall–Kier alpha value is -2.98. The number of nitrogens with zero attached hydrogens (tertiary/aromatic N) is 2. The number of hydrogen-bond donors (Lipinski definition) is 1. The van der Waals surface area contributed by atoms with Crippen LogP contribution in [0.4, 0.5) is 14.9 Å². The van der Waals surface area contributed by atoms with Crippen molar-refractivity contribution in [2.45, 2.75) is 4.90 Å². The lowest BCUT2D eigenvalue weighted by Crippen LogP contribution is -2.51. The number of amides is 2. The first kappa shape index (κ1) is 20.7. The molecule has 0 aromatic heterocycles. The third-order valence-corrected chi connectivity index (χ3v) is 6.43. The highest BCUT2D eigenvalue weighted by Crippen LogP contribution is 2.19. The monoisotopic (exact) mass is 421 g/mol. The summed E-state index contributed by atoms with van der Waals surface area (Å²) in [6, 6.07) is 10.6. The summed E-state index contributed by atoms with van der Waals surface area (Å²) in [5, 5.41) is 2.69. The molecule has 2 aromatic rings. The van der Waals surface area contributed by atoms with Crippen molar-refractivity contribution in [1.82, 2.24) is 9.21 Å². The van der Waals surface area contributed by atoms with Gasteiger partial charge in [0.1, 0.15) is 5.82 Å². The highest BCUT2D eigenvalue weighted by molar-refractivity contribution is 7.89. The smallest absolute Gasteiger partial charge is 0.337 e. The van der Waals surface area contributed by atoms with E-state index in [0.717, 1.165) is 12.1 Å². The zero-order valence-electron chi connectivity index (χ0n) is 15.7. The molecule has 2 amide bonds. The molecule has 1 heterocycles. The number of methoxy groups -OCH3 is 1. The number of carbonyl (C=O) groups is 2. The molecule has 3 rings (SSSR count). The maximum Gasteiger partial charge on any atom is 0.337 e. The Kier molecular flexibility index (Phi) is 6.14. The van der Waals surface area contributed by atoms with Crippen LogP contribution in [0.1, 0.15) is 10.4 Å². The van der Waals surface area contributed by atoms with Crippen LogP contribution in [0.5, 0.6) is 0 Å². The maximum atomic E-state index is 13.0. The standard InChI is InChI=1S/C19H20FN3O5S/c1-28-18(24)14-3-2-4-16(13-14)21-19(25)22-9-11-23(12-10-22)29(26,27)17-7-5-15(20)6-8-17/h2-8,13H,9-12H2,1H3,(H,21,25). The van der Waals surface area contributed by atoms with E-state index in [-0.39, 0.29) is 31.1 Å². The van der Waals surface area contributed by atoms with E-state index in [1.165, 1.54) is 34.5 Å². The molecule has 1 saturated heterocycles. The van der Waals surface area contributed by atoms with Gasteiger partial charge in [0.25, 0.3) is 0 Å². The average Bonchev–Trinajstić information content (AvgIpc) is 2.73. The van der Waals surface area contributed by atoms with Crippen molar-refractivity contribution in [3.05, 3.63) is 59.9 Å². The molecule has 0 spiro atoms. The lowest BCUT2D eigenvalue weighted by atomic mass is 10.2. The maximum absolute atomic E-state index is 13.0. The van der Waals surface area contributed by atoms with Crippen molar-refractivity contribution in [2.24, 2.45) is 0 Å². The Balaban J connectivity index is 1.61. The van der Waals surface area contributed by atoms with E-state index in [1.54, 1.807) is 18.2 Å². The van der Waals surface area contributed by atoms with Gasteiger partial charge in [-0.2, -0.15) is 4.31 Å². The normalized spacial score (nSPS) is 15.0. The fraction of sp³-hybridized carbons (Fsp3) is 0.263. The minimum atomic E-state index is -3.75. The average molecular weight is 421 g/mol. The molecule has 154 valence electrons. The number of ether oxygens (including phenoxy) is 1. The Morgan fingerprint density at radius 2 is 1.69 bits per heavy atom. The molecule has 1 fully saturated rings. The van der Waals surface area contributed by atoms with Gasteiger partial charge >= 0.3 is 12.0 Å². The van der Waals surface area contributed by atoms with Crippen LogP contribution in [0, 0.1) is 5.82 Å². The Bertz CT molecular complexity index is 1000. The molecule has 2 aromatic carbocycles. The number of nitrogens with one attached hydrogen (secondary N) is 1. The fourth-order valence-electron chi connectivity index (χ4n) is 2.93. The number of rotatable bonds is 4. The number of carbonyl (C=O) groups excluding carboxylic acids is 2. The first-order valence-electron chi connectivity index (χ1n) is 8.81. The largest absolute Gasteiger partial charge is 0.465 e. The van der Waals surface area contributed by atoms with E-state index in [2.05, 4.69) is 10.1 Å². The summed E-state index contributed by atoms with van der Waals surface area (Å²) < 4.78 is 44.2. The molecule has 29 heavy (non-hydrogen) atoms. The molecule has 0 atom stereocenters. The number of benzene rings is 2. The van der Waals surface area contributed by atoms with E-state index < -0.39 is 27.8 Å². The van der Waals surface area contributed by atoms with Gasteiger partial charge in [-0.3, -0.25) is 0 Å². The number of hydrogen-bond acceptors (Lipinski definition) is 5. The zero-order valence-corrected chi connectivity index (χ0v) is 16.5. The summed E-state index contributed by atoms with van der Waals surface area (Å²) in [5.41, 5.74) is 0.736. The van der Waals surface area contributed by atoms with Crippen molar-refractivity contribution >= 4 is 27.7 Å². The summed E-state index contributed by atoms with van der Waals surface area (Å²) >= 11 is 0. The molecule has 1 aliphatic heterocycles. The lowest BCUT2D eigenvalue weighted by molar-refractivity contribution is 0.0600. The third-order valence-electron chi connectivity index (χ3n) is 4.51. The van der Waals surface area contributed by atoms with Gasteiger partial charge < -0.3 is 15.0 Å². The second kappa shape index (κ2) is 8.58. The van der Waals surface area contributed by atoms with Crippen LogP contribution in [-0.4, -0.2) is 62.9 Å². The molecular formula is C19H20FN3O5S. The Morgan fingerprint density at radius 3 is 2.31 bits per heavy atom. The van der Waals surface area contributed by atoms with Gasteiger partial charge in [0.05, 0.1) is 17.6 Å². The van der Waals surface area contributed by atoms with Gasteiger partial charge in [0.15, 0.2) is 0 Å². The summed E-state index contributed by atoms with van der Waals surface area (Å²) in [7, 11) is -2.48. The van der Waals surface area contributed by atoms with Crippen LogP contribution in [-0.2, 0) is 14.8 Å². The fourth-order valence-corrected chi connectivity index (χ4v) is 4.35. The molecule has 0 bridgehead atoms. The highest BCUT2D eigenvalue weighted by Gasteiger charge is 2.30. The minimum Gasteiger partial charge on any atom is -0.465 e. The van der Waals surface area contributed by atoms with Gasteiger partial charge in [-0.1, -0.05) is 6.07 Å². The van der Waals surface area contributed by atoms with Crippen LogP contribution in [0.25, 0.3) is 0 Å². The van der Waals surface area contributed by atoms with E-state index in [4.69, 9.17) is 0 Å². The van der Waals surface area contributed by atoms with E-state index >= 15 is 0 Å². The zero-order chi connectivity index (χ0) is 21.0. The summed E-state index contributed by atoms with van der Waals surface area (Å²) in [5.74, 6) is -1.03. The molecule has 0 aliphatic carbocycles. The molecular weight excluding hydrogens is 401 g/mol.